The van der Waals surface area contributed by atoms with Gasteiger partial charge < -0.3 is 11.1 Å². The van der Waals surface area contributed by atoms with E-state index >= 15 is 0 Å². The third kappa shape index (κ3) is 3.48. The number of nitrogen functional groups attached to an aromatic ring is 1. The van der Waals surface area contributed by atoms with Crippen LogP contribution in [0.25, 0.3) is 0 Å². The van der Waals surface area contributed by atoms with E-state index in [2.05, 4.69) is 5.32 Å². The predicted octanol–water partition coefficient (Wildman–Crippen LogP) is 2.72. The third-order valence-corrected chi connectivity index (χ3v) is 3.36. The average Bonchev–Trinajstić information content (AvgIpc) is 2.58. The molecule has 1 aliphatic rings. The van der Waals surface area contributed by atoms with Gasteiger partial charge in [0.05, 0.1) is 0 Å². The Bertz CT molecular complexity index is 364. The van der Waals surface area contributed by atoms with Gasteiger partial charge in [-0.3, -0.25) is 4.79 Å². The summed E-state index contributed by atoms with van der Waals surface area (Å²) < 4.78 is 0. The molecule has 1 aromatic carbocycles. The molecule has 1 amide bonds. The highest BCUT2D eigenvalue weighted by molar-refractivity contribution is 5.94. The molecule has 92 valence electrons. The van der Waals surface area contributed by atoms with Crippen molar-refractivity contribution in [2.75, 3.05) is 5.73 Å². The fraction of sp³-hybridized carbons (Fsp3) is 0.500. The van der Waals surface area contributed by atoms with Gasteiger partial charge in [-0.15, -0.1) is 0 Å². The molecule has 3 heteroatoms. The Kier molecular flexibility index (Phi) is 4.02. The summed E-state index contributed by atoms with van der Waals surface area (Å²) in [6.07, 6.45) is 7.28. The Morgan fingerprint density at radius 2 is 1.65 bits per heavy atom. The minimum absolute atomic E-state index is 0.0249. The van der Waals surface area contributed by atoms with Crippen molar-refractivity contribution in [3.8, 4) is 0 Å². The Hall–Kier alpha value is -1.51. The second-order valence-electron chi connectivity index (χ2n) is 4.78. The molecule has 17 heavy (non-hydrogen) atoms. The van der Waals surface area contributed by atoms with Gasteiger partial charge in [-0.2, -0.15) is 0 Å². The molecule has 3 nitrogen and oxygen atoms in total. The van der Waals surface area contributed by atoms with Crippen LogP contribution in [0.1, 0.15) is 48.9 Å². The normalized spacial score (nSPS) is 17.4. The van der Waals surface area contributed by atoms with Gasteiger partial charge in [0.1, 0.15) is 0 Å². The van der Waals surface area contributed by atoms with Gasteiger partial charge in [0.25, 0.3) is 5.91 Å². The first-order chi connectivity index (χ1) is 8.25. The largest absolute Gasteiger partial charge is 0.399 e. The van der Waals surface area contributed by atoms with Crippen LogP contribution in [0, 0.1) is 0 Å². The topological polar surface area (TPSA) is 55.1 Å². The molecule has 1 fully saturated rings. The van der Waals surface area contributed by atoms with Gasteiger partial charge in [0.2, 0.25) is 0 Å². The van der Waals surface area contributed by atoms with Crippen molar-refractivity contribution in [1.82, 2.24) is 5.32 Å². The molecule has 0 unspecified atom stereocenters. The highest BCUT2D eigenvalue weighted by Gasteiger charge is 2.15. The number of hydrogen-bond acceptors (Lipinski definition) is 2. The van der Waals surface area contributed by atoms with Crippen molar-refractivity contribution in [3.63, 3.8) is 0 Å². The second kappa shape index (κ2) is 5.71. The van der Waals surface area contributed by atoms with Crippen molar-refractivity contribution in [1.29, 1.82) is 0 Å². The van der Waals surface area contributed by atoms with Crippen LogP contribution in [-0.4, -0.2) is 11.9 Å². The lowest BCUT2D eigenvalue weighted by molar-refractivity contribution is 0.0933. The first-order valence-corrected chi connectivity index (χ1v) is 6.42. The summed E-state index contributed by atoms with van der Waals surface area (Å²) in [7, 11) is 0. The number of anilines is 1. The summed E-state index contributed by atoms with van der Waals surface area (Å²) in [5.74, 6) is 0.0249. The third-order valence-electron chi connectivity index (χ3n) is 3.36. The average molecular weight is 232 g/mol. The van der Waals surface area contributed by atoms with Crippen molar-refractivity contribution < 1.29 is 4.79 Å². The fourth-order valence-electron chi connectivity index (χ4n) is 2.33. The lowest BCUT2D eigenvalue weighted by Gasteiger charge is -2.16. The first-order valence-electron chi connectivity index (χ1n) is 6.42. The van der Waals surface area contributed by atoms with Crippen LogP contribution in [0.2, 0.25) is 0 Å². The zero-order valence-electron chi connectivity index (χ0n) is 10.1. The number of carbonyl (C=O) groups is 1. The van der Waals surface area contributed by atoms with Gasteiger partial charge in [-0.05, 0) is 37.1 Å². The Morgan fingerprint density at radius 1 is 1.06 bits per heavy atom. The van der Waals surface area contributed by atoms with Crippen molar-refractivity contribution in [2.24, 2.45) is 0 Å². The molecule has 0 radical (unpaired) electrons. The molecular weight excluding hydrogens is 212 g/mol. The smallest absolute Gasteiger partial charge is 0.251 e. The Balaban J connectivity index is 1.93. The maximum absolute atomic E-state index is 12.0. The van der Waals surface area contributed by atoms with Crippen LogP contribution < -0.4 is 11.1 Å². The number of nitrogens with one attached hydrogen (secondary N) is 1. The van der Waals surface area contributed by atoms with Gasteiger partial charge in [-0.1, -0.05) is 25.7 Å². The van der Waals surface area contributed by atoms with Crippen molar-refractivity contribution in [2.45, 2.75) is 44.6 Å². The lowest BCUT2D eigenvalue weighted by atomic mass is 10.1. The minimum Gasteiger partial charge on any atom is -0.399 e. The van der Waals surface area contributed by atoms with Crippen LogP contribution in [0.5, 0.6) is 0 Å². The lowest BCUT2D eigenvalue weighted by Crippen LogP contribution is -2.34. The van der Waals surface area contributed by atoms with E-state index in [1.165, 1.54) is 25.7 Å². The molecule has 2 rings (SSSR count). The molecule has 3 N–H and O–H groups in total. The van der Waals surface area contributed by atoms with E-state index < -0.39 is 0 Å². The van der Waals surface area contributed by atoms with Gasteiger partial charge in [0, 0.05) is 17.3 Å². The molecule has 0 aliphatic heterocycles. The standard InChI is InChI=1S/C14H20N2O/c15-12-9-7-11(8-10-12)14(17)16-13-5-3-1-2-4-6-13/h7-10,13H,1-6,15H2,(H,16,17). The Labute approximate surface area is 102 Å². The number of benzene rings is 1. The van der Waals surface area contributed by atoms with E-state index in [4.69, 9.17) is 5.73 Å². The molecule has 0 spiro atoms. The molecule has 0 saturated heterocycles. The highest BCUT2D eigenvalue weighted by Crippen LogP contribution is 2.17. The Morgan fingerprint density at radius 3 is 2.24 bits per heavy atom. The molecular formula is C14H20N2O. The van der Waals surface area contributed by atoms with Crippen LogP contribution in [0.15, 0.2) is 24.3 Å². The van der Waals surface area contributed by atoms with E-state index in [0.29, 0.717) is 17.3 Å². The molecule has 0 heterocycles. The summed E-state index contributed by atoms with van der Waals surface area (Å²) in [5.41, 5.74) is 6.99. The maximum Gasteiger partial charge on any atom is 0.251 e. The number of hydrogen-bond donors (Lipinski definition) is 2. The van der Waals surface area contributed by atoms with Crippen LogP contribution in [-0.2, 0) is 0 Å². The van der Waals surface area contributed by atoms with E-state index in [9.17, 15) is 4.79 Å². The molecule has 1 aliphatic carbocycles. The number of nitrogens with two attached hydrogens (primary N) is 1. The zero-order chi connectivity index (χ0) is 12.1. The quantitative estimate of drug-likeness (QED) is 0.608. The number of rotatable bonds is 2. The van der Waals surface area contributed by atoms with Crippen LogP contribution in [0.4, 0.5) is 5.69 Å². The summed E-state index contributed by atoms with van der Waals surface area (Å²) in [4.78, 5) is 12.0. The number of carbonyl (C=O) groups excluding carboxylic acids is 1. The summed E-state index contributed by atoms with van der Waals surface area (Å²) >= 11 is 0. The van der Waals surface area contributed by atoms with Gasteiger partial charge in [-0.25, -0.2) is 0 Å². The van der Waals surface area contributed by atoms with Gasteiger partial charge in [0.15, 0.2) is 0 Å². The molecule has 0 atom stereocenters. The number of amides is 1. The van der Waals surface area contributed by atoms with Crippen molar-refractivity contribution >= 4 is 11.6 Å². The summed E-state index contributed by atoms with van der Waals surface area (Å²) in [5, 5.41) is 3.11. The highest BCUT2D eigenvalue weighted by atomic mass is 16.1. The first kappa shape index (κ1) is 12.0. The summed E-state index contributed by atoms with van der Waals surface area (Å²) in [6, 6.07) is 7.44. The monoisotopic (exact) mass is 232 g/mol. The van der Waals surface area contributed by atoms with E-state index in [1.807, 2.05) is 0 Å². The molecule has 1 saturated carbocycles. The maximum atomic E-state index is 12.0. The van der Waals surface area contributed by atoms with E-state index in [1.54, 1.807) is 24.3 Å². The zero-order valence-corrected chi connectivity index (χ0v) is 10.1. The second-order valence-corrected chi connectivity index (χ2v) is 4.78. The van der Waals surface area contributed by atoms with Crippen LogP contribution >= 0.6 is 0 Å². The fourth-order valence-corrected chi connectivity index (χ4v) is 2.33. The predicted molar refractivity (Wildman–Crippen MR) is 69.8 cm³/mol. The van der Waals surface area contributed by atoms with Crippen LogP contribution in [0.3, 0.4) is 0 Å². The van der Waals surface area contributed by atoms with Crippen molar-refractivity contribution in [3.05, 3.63) is 29.8 Å². The molecule has 1 aromatic rings. The van der Waals surface area contributed by atoms with Gasteiger partial charge >= 0.3 is 0 Å². The van der Waals surface area contributed by atoms with E-state index in [-0.39, 0.29) is 5.91 Å². The van der Waals surface area contributed by atoms with E-state index in [0.717, 1.165) is 12.8 Å². The minimum atomic E-state index is 0.0249. The molecule has 0 aromatic heterocycles. The SMILES string of the molecule is Nc1ccc(C(=O)NC2CCCCCC2)cc1. The summed E-state index contributed by atoms with van der Waals surface area (Å²) in [6.45, 7) is 0. The molecule has 0 bridgehead atoms.